The normalized spacial score (nSPS) is 8.92. The average molecular weight is 182 g/mol. The van der Waals surface area contributed by atoms with Gasteiger partial charge >= 0.3 is 0 Å². The zero-order chi connectivity index (χ0) is 10.4. The second-order valence-corrected chi connectivity index (χ2v) is 3.47. The maximum atomic E-state index is 6.25. The van der Waals surface area contributed by atoms with Gasteiger partial charge in [-0.1, -0.05) is 71.6 Å². The predicted octanol–water partition coefficient (Wildman–Crippen LogP) is 4.63. The van der Waals surface area contributed by atoms with E-state index in [0.717, 1.165) is 0 Å². The number of hydrogen-bond donors (Lipinski definition) is 0. The van der Waals surface area contributed by atoms with E-state index in [1.54, 1.807) is 0 Å². The third-order valence-electron chi connectivity index (χ3n) is 2.21. The lowest BCUT2D eigenvalue weighted by Crippen LogP contribution is -1.79. The summed E-state index contributed by atoms with van der Waals surface area (Å²) in [5.41, 5.74) is 0. The first-order chi connectivity index (χ1) is 6.41. The van der Waals surface area contributed by atoms with Gasteiger partial charge in [0, 0.05) is 0 Å². The SMILES string of the molecule is CCCCCCCCCCC.[C-]#N. The second kappa shape index (κ2) is 17.5. The summed E-state index contributed by atoms with van der Waals surface area (Å²) < 4.78 is 0. The molecule has 0 saturated carbocycles. The first-order valence-corrected chi connectivity index (χ1v) is 5.64. The Morgan fingerprint density at radius 1 is 0.615 bits per heavy atom. The highest BCUT2D eigenvalue weighted by Gasteiger charge is 1.88. The Kier molecular flexibility index (Phi) is 20.2. The van der Waals surface area contributed by atoms with Crippen molar-refractivity contribution in [1.82, 2.24) is 0 Å². The molecule has 0 radical (unpaired) electrons. The highest BCUT2D eigenvalue weighted by molar-refractivity contribution is 4.44. The largest absolute Gasteiger partial charge is 0.512 e. The minimum atomic E-state index is 1.37. The van der Waals surface area contributed by atoms with Crippen molar-refractivity contribution >= 4 is 0 Å². The quantitative estimate of drug-likeness (QED) is 0.396. The van der Waals surface area contributed by atoms with Gasteiger partial charge in [-0.05, 0) is 0 Å². The van der Waals surface area contributed by atoms with E-state index in [4.69, 9.17) is 11.8 Å². The lowest BCUT2D eigenvalue weighted by Gasteiger charge is -1.98. The van der Waals surface area contributed by atoms with Crippen molar-refractivity contribution in [2.24, 2.45) is 0 Å². The zero-order valence-corrected chi connectivity index (χ0v) is 9.31. The summed E-state index contributed by atoms with van der Waals surface area (Å²) >= 11 is 0. The Labute approximate surface area is 84.2 Å². The van der Waals surface area contributed by atoms with E-state index in [2.05, 4.69) is 13.8 Å². The van der Waals surface area contributed by atoms with Crippen LogP contribution >= 0.6 is 0 Å². The fourth-order valence-corrected chi connectivity index (χ4v) is 1.38. The summed E-state index contributed by atoms with van der Waals surface area (Å²) in [7, 11) is 0. The van der Waals surface area contributed by atoms with E-state index < -0.39 is 0 Å². The van der Waals surface area contributed by atoms with Crippen LogP contribution in [0.4, 0.5) is 0 Å². The number of unbranched alkanes of at least 4 members (excludes halogenated alkanes) is 8. The van der Waals surface area contributed by atoms with E-state index in [1.807, 2.05) is 0 Å². The molecule has 0 saturated heterocycles. The molecule has 0 atom stereocenters. The van der Waals surface area contributed by atoms with Crippen LogP contribution in [-0.4, -0.2) is 0 Å². The maximum absolute atomic E-state index is 6.25. The van der Waals surface area contributed by atoms with Crippen molar-refractivity contribution in [2.45, 2.75) is 71.6 Å². The molecular weight excluding hydrogens is 158 g/mol. The smallest absolute Gasteiger partial charge is 0.0533 e. The molecule has 0 aromatic heterocycles. The first-order valence-electron chi connectivity index (χ1n) is 5.64. The van der Waals surface area contributed by atoms with Crippen LogP contribution in [0.25, 0.3) is 0 Å². The van der Waals surface area contributed by atoms with Crippen molar-refractivity contribution in [1.29, 1.82) is 5.26 Å². The first kappa shape index (κ1) is 15.0. The molecule has 0 fully saturated rings. The molecule has 0 aromatic rings. The van der Waals surface area contributed by atoms with Crippen LogP contribution in [0.15, 0.2) is 0 Å². The average Bonchev–Trinajstić information content (AvgIpc) is 2.20. The molecule has 0 amide bonds. The fourth-order valence-electron chi connectivity index (χ4n) is 1.38. The molecule has 0 bridgehead atoms. The molecule has 1 heteroatoms. The molecule has 0 rings (SSSR count). The topological polar surface area (TPSA) is 23.8 Å². The van der Waals surface area contributed by atoms with Crippen LogP contribution in [0.3, 0.4) is 0 Å². The third-order valence-corrected chi connectivity index (χ3v) is 2.21. The highest BCUT2D eigenvalue weighted by Crippen LogP contribution is 2.08. The Morgan fingerprint density at radius 3 is 1.08 bits per heavy atom. The summed E-state index contributed by atoms with van der Waals surface area (Å²) in [4.78, 5) is 0. The summed E-state index contributed by atoms with van der Waals surface area (Å²) in [6, 6.07) is 0. The van der Waals surface area contributed by atoms with Gasteiger partial charge in [-0.25, -0.2) is 0 Å². The predicted molar refractivity (Wildman–Crippen MR) is 57.9 cm³/mol. The van der Waals surface area contributed by atoms with Gasteiger partial charge < -0.3 is 11.8 Å². The van der Waals surface area contributed by atoms with E-state index >= 15 is 0 Å². The van der Waals surface area contributed by atoms with Crippen LogP contribution in [0, 0.1) is 11.8 Å². The minimum absolute atomic E-state index is 1.37. The molecule has 13 heavy (non-hydrogen) atoms. The molecule has 0 spiro atoms. The Morgan fingerprint density at radius 2 is 0.846 bits per heavy atom. The van der Waals surface area contributed by atoms with Gasteiger partial charge in [-0.3, -0.25) is 0 Å². The molecule has 0 N–H and O–H groups in total. The van der Waals surface area contributed by atoms with Crippen LogP contribution in [0.5, 0.6) is 0 Å². The van der Waals surface area contributed by atoms with Gasteiger partial charge in [0.05, 0.1) is 0 Å². The Balaban J connectivity index is 0. The van der Waals surface area contributed by atoms with Crippen molar-refractivity contribution in [2.75, 3.05) is 0 Å². The third kappa shape index (κ3) is 18.4. The lowest BCUT2D eigenvalue weighted by atomic mass is 10.1. The lowest BCUT2D eigenvalue weighted by molar-refractivity contribution is 0.572. The highest BCUT2D eigenvalue weighted by atomic mass is 14.2. The van der Waals surface area contributed by atoms with Crippen LogP contribution in [-0.2, 0) is 0 Å². The summed E-state index contributed by atoms with van der Waals surface area (Å²) in [6.45, 7) is 9.30. The maximum Gasteiger partial charge on any atom is -0.0533 e. The van der Waals surface area contributed by atoms with Crippen molar-refractivity contribution in [3.63, 3.8) is 0 Å². The minimum Gasteiger partial charge on any atom is -0.512 e. The van der Waals surface area contributed by atoms with Gasteiger partial charge in [-0.2, -0.15) is 0 Å². The van der Waals surface area contributed by atoms with Crippen molar-refractivity contribution in [3.8, 4) is 0 Å². The van der Waals surface area contributed by atoms with Crippen LogP contribution < -0.4 is 0 Å². The molecule has 0 aliphatic heterocycles. The summed E-state index contributed by atoms with van der Waals surface area (Å²) in [6.07, 6.45) is 13.0. The monoisotopic (exact) mass is 182 g/mol. The molecule has 0 aliphatic rings. The van der Waals surface area contributed by atoms with Crippen LogP contribution in [0.2, 0.25) is 0 Å². The molecule has 0 heterocycles. The van der Waals surface area contributed by atoms with E-state index in [1.165, 1.54) is 57.8 Å². The van der Waals surface area contributed by atoms with E-state index in [9.17, 15) is 0 Å². The molecular formula is C12H24N-. The molecule has 1 nitrogen and oxygen atoms in total. The van der Waals surface area contributed by atoms with Crippen molar-refractivity contribution in [3.05, 3.63) is 6.57 Å². The Hall–Kier alpha value is -0.510. The second-order valence-electron chi connectivity index (χ2n) is 3.47. The van der Waals surface area contributed by atoms with Gasteiger partial charge in [0.1, 0.15) is 0 Å². The van der Waals surface area contributed by atoms with Gasteiger partial charge in [0.2, 0.25) is 0 Å². The number of rotatable bonds is 8. The summed E-state index contributed by atoms with van der Waals surface area (Å²) in [5.74, 6) is 0. The molecule has 0 aliphatic carbocycles. The number of nitrogens with zero attached hydrogens (tertiary/aromatic N) is 1. The van der Waals surface area contributed by atoms with Gasteiger partial charge in [-0.15, -0.1) is 0 Å². The molecule has 0 unspecified atom stereocenters. The fraction of sp³-hybridized carbons (Fsp3) is 0.917. The van der Waals surface area contributed by atoms with E-state index in [-0.39, 0.29) is 0 Å². The van der Waals surface area contributed by atoms with Crippen LogP contribution in [0.1, 0.15) is 71.6 Å². The molecule has 0 aromatic carbocycles. The van der Waals surface area contributed by atoms with Gasteiger partial charge in [0.25, 0.3) is 0 Å². The molecule has 78 valence electrons. The van der Waals surface area contributed by atoms with E-state index in [0.29, 0.717) is 0 Å². The standard InChI is InChI=1S/C11H24.CN/c1-3-5-7-9-11-10-8-6-4-2;1-2/h3-11H2,1-2H3;/q;-1. The summed E-state index contributed by atoms with van der Waals surface area (Å²) in [5, 5.41) is 6.25. The van der Waals surface area contributed by atoms with Crippen molar-refractivity contribution < 1.29 is 0 Å². The number of hydrogen-bond acceptors (Lipinski definition) is 1. The Bertz CT molecular complexity index is 78.4. The van der Waals surface area contributed by atoms with Gasteiger partial charge in [0.15, 0.2) is 0 Å². The zero-order valence-electron chi connectivity index (χ0n) is 9.31.